The molecule has 1 N–H and O–H groups in total. The summed E-state index contributed by atoms with van der Waals surface area (Å²) in [7, 11) is 4.71. The summed E-state index contributed by atoms with van der Waals surface area (Å²) in [6.07, 6.45) is 0. The number of nitrogens with zero attached hydrogens (tertiary/aromatic N) is 4. The summed E-state index contributed by atoms with van der Waals surface area (Å²) >= 11 is 6.17. The van der Waals surface area contributed by atoms with Crippen molar-refractivity contribution in [2.75, 3.05) is 26.6 Å². The monoisotopic (exact) mass is 439 g/mol. The van der Waals surface area contributed by atoms with Gasteiger partial charge in [0.1, 0.15) is 0 Å². The molecule has 0 fully saturated rings. The lowest BCUT2D eigenvalue weighted by atomic mass is 10.2. The van der Waals surface area contributed by atoms with Gasteiger partial charge in [-0.15, -0.1) is 0 Å². The number of hydrogen-bond donors (Lipinski definition) is 1. The van der Waals surface area contributed by atoms with Gasteiger partial charge in [-0.25, -0.2) is 14.6 Å². The number of rotatable bonds is 6. The normalized spacial score (nSPS) is 10.9. The Hall–Kier alpha value is -3.52. The highest BCUT2D eigenvalue weighted by molar-refractivity contribution is 6.31. The van der Waals surface area contributed by atoms with Gasteiger partial charge in [0, 0.05) is 28.5 Å². The molecule has 0 aliphatic rings. The SMILES string of the molecule is COc1cc(Nc2nc3ccc(Cl)cc3nc2-n2nc(C)cc2C)cc(OC)c1OC. The Morgan fingerprint density at radius 2 is 1.58 bits per heavy atom. The third kappa shape index (κ3) is 3.94. The molecule has 0 amide bonds. The maximum absolute atomic E-state index is 6.17. The van der Waals surface area contributed by atoms with Crippen molar-refractivity contribution in [3.05, 3.63) is 52.8 Å². The molecular formula is C22H22ClN5O3. The average molecular weight is 440 g/mol. The molecule has 0 aliphatic heterocycles. The van der Waals surface area contributed by atoms with Gasteiger partial charge in [-0.3, -0.25) is 0 Å². The van der Waals surface area contributed by atoms with Crippen LogP contribution in [-0.2, 0) is 0 Å². The van der Waals surface area contributed by atoms with E-state index in [-0.39, 0.29) is 0 Å². The Morgan fingerprint density at radius 3 is 2.16 bits per heavy atom. The second-order valence-corrected chi connectivity index (χ2v) is 7.34. The number of benzene rings is 2. The van der Waals surface area contributed by atoms with Crippen LogP contribution in [0.1, 0.15) is 11.4 Å². The second kappa shape index (κ2) is 8.31. The topological polar surface area (TPSA) is 83.3 Å². The molecule has 0 atom stereocenters. The molecule has 0 bridgehead atoms. The predicted molar refractivity (Wildman–Crippen MR) is 121 cm³/mol. The summed E-state index contributed by atoms with van der Waals surface area (Å²) in [4.78, 5) is 9.59. The van der Waals surface area contributed by atoms with E-state index in [0.717, 1.165) is 11.4 Å². The fourth-order valence-corrected chi connectivity index (χ4v) is 3.55. The molecule has 9 heteroatoms. The van der Waals surface area contributed by atoms with Crippen molar-refractivity contribution in [3.63, 3.8) is 0 Å². The smallest absolute Gasteiger partial charge is 0.203 e. The van der Waals surface area contributed by atoms with Crippen LogP contribution in [0.4, 0.5) is 11.5 Å². The lowest BCUT2D eigenvalue weighted by molar-refractivity contribution is 0.324. The van der Waals surface area contributed by atoms with Gasteiger partial charge in [-0.1, -0.05) is 11.6 Å². The van der Waals surface area contributed by atoms with Gasteiger partial charge in [0.2, 0.25) is 5.75 Å². The number of anilines is 2. The third-order valence-electron chi connectivity index (χ3n) is 4.75. The minimum Gasteiger partial charge on any atom is -0.493 e. The number of hydrogen-bond acceptors (Lipinski definition) is 7. The van der Waals surface area contributed by atoms with Crippen molar-refractivity contribution in [3.8, 4) is 23.1 Å². The number of nitrogens with one attached hydrogen (secondary N) is 1. The van der Waals surface area contributed by atoms with Crippen LogP contribution in [0.2, 0.25) is 5.02 Å². The molecule has 4 aromatic rings. The van der Waals surface area contributed by atoms with E-state index < -0.39 is 0 Å². The van der Waals surface area contributed by atoms with E-state index >= 15 is 0 Å². The zero-order valence-electron chi connectivity index (χ0n) is 17.9. The highest BCUT2D eigenvalue weighted by atomic mass is 35.5. The molecule has 0 saturated carbocycles. The molecule has 0 aliphatic carbocycles. The van der Waals surface area contributed by atoms with E-state index in [1.165, 1.54) is 0 Å². The Balaban J connectivity index is 1.90. The highest BCUT2D eigenvalue weighted by Crippen LogP contribution is 2.41. The van der Waals surface area contributed by atoms with Crippen LogP contribution < -0.4 is 19.5 Å². The van der Waals surface area contributed by atoms with E-state index in [1.807, 2.05) is 26.0 Å². The molecule has 0 unspecified atom stereocenters. The molecule has 0 spiro atoms. The van der Waals surface area contributed by atoms with E-state index in [2.05, 4.69) is 10.4 Å². The van der Waals surface area contributed by atoms with E-state index in [9.17, 15) is 0 Å². The predicted octanol–water partition coefficient (Wildman–Crippen LogP) is 4.86. The van der Waals surface area contributed by atoms with Crippen molar-refractivity contribution in [1.29, 1.82) is 0 Å². The van der Waals surface area contributed by atoms with Gasteiger partial charge in [0.15, 0.2) is 23.1 Å². The molecule has 2 heterocycles. The van der Waals surface area contributed by atoms with Crippen LogP contribution >= 0.6 is 11.6 Å². The quantitative estimate of drug-likeness (QED) is 0.459. The zero-order chi connectivity index (χ0) is 22.1. The van der Waals surface area contributed by atoms with Crippen molar-refractivity contribution in [1.82, 2.24) is 19.7 Å². The van der Waals surface area contributed by atoms with Crippen LogP contribution in [0.3, 0.4) is 0 Å². The van der Waals surface area contributed by atoms with Crippen LogP contribution in [0.5, 0.6) is 17.2 Å². The van der Waals surface area contributed by atoms with E-state index in [0.29, 0.717) is 50.6 Å². The lowest BCUT2D eigenvalue weighted by Gasteiger charge is -2.16. The second-order valence-electron chi connectivity index (χ2n) is 6.91. The number of aromatic nitrogens is 4. The molecule has 31 heavy (non-hydrogen) atoms. The highest BCUT2D eigenvalue weighted by Gasteiger charge is 2.18. The first-order valence-electron chi connectivity index (χ1n) is 9.51. The van der Waals surface area contributed by atoms with E-state index in [1.54, 1.807) is 50.3 Å². The van der Waals surface area contributed by atoms with Gasteiger partial charge in [0.05, 0.1) is 38.1 Å². The summed E-state index contributed by atoms with van der Waals surface area (Å²) in [5, 5.41) is 8.50. The molecule has 2 aromatic carbocycles. The molecule has 4 rings (SSSR count). The molecule has 0 saturated heterocycles. The van der Waals surface area contributed by atoms with Crippen LogP contribution in [-0.4, -0.2) is 41.1 Å². The Labute approximate surface area is 184 Å². The lowest BCUT2D eigenvalue weighted by Crippen LogP contribution is -2.09. The maximum atomic E-state index is 6.17. The standard InChI is InChI=1S/C22H22ClN5O3/c1-12-8-13(2)28(27-12)22-21(25-16-7-6-14(23)9-17(16)26-22)24-15-10-18(29-3)20(31-5)19(11-15)30-4/h6-11H,1-5H3,(H,24,25). The maximum Gasteiger partial charge on any atom is 0.203 e. The first-order chi connectivity index (χ1) is 14.9. The van der Waals surface area contributed by atoms with Gasteiger partial charge >= 0.3 is 0 Å². The van der Waals surface area contributed by atoms with Crippen molar-refractivity contribution in [2.24, 2.45) is 0 Å². The fraction of sp³-hybridized carbons (Fsp3) is 0.227. The number of aryl methyl sites for hydroxylation is 2. The molecule has 8 nitrogen and oxygen atoms in total. The Kier molecular flexibility index (Phi) is 5.56. The summed E-state index contributed by atoms with van der Waals surface area (Å²) in [6, 6.07) is 11.0. The van der Waals surface area contributed by atoms with Crippen LogP contribution in [0, 0.1) is 13.8 Å². The van der Waals surface area contributed by atoms with Crippen molar-refractivity contribution < 1.29 is 14.2 Å². The van der Waals surface area contributed by atoms with Gasteiger partial charge < -0.3 is 19.5 Å². The Bertz CT molecular complexity index is 1250. The first kappa shape index (κ1) is 20.7. The molecule has 2 aromatic heterocycles. The van der Waals surface area contributed by atoms with Crippen LogP contribution in [0.25, 0.3) is 16.9 Å². The van der Waals surface area contributed by atoms with E-state index in [4.69, 9.17) is 35.8 Å². The van der Waals surface area contributed by atoms with Gasteiger partial charge in [-0.2, -0.15) is 5.10 Å². The summed E-state index contributed by atoms with van der Waals surface area (Å²) in [5.74, 6) is 2.63. The van der Waals surface area contributed by atoms with Gasteiger partial charge in [-0.05, 0) is 38.1 Å². The molecule has 0 radical (unpaired) electrons. The third-order valence-corrected chi connectivity index (χ3v) is 4.98. The van der Waals surface area contributed by atoms with Gasteiger partial charge in [0.25, 0.3) is 0 Å². The largest absolute Gasteiger partial charge is 0.493 e. The number of ether oxygens (including phenoxy) is 3. The molecular weight excluding hydrogens is 418 g/mol. The molecule has 160 valence electrons. The minimum atomic E-state index is 0.508. The Morgan fingerprint density at radius 1 is 0.871 bits per heavy atom. The van der Waals surface area contributed by atoms with Crippen molar-refractivity contribution >= 4 is 34.1 Å². The summed E-state index contributed by atoms with van der Waals surface area (Å²) < 4.78 is 18.1. The van der Waals surface area contributed by atoms with Crippen molar-refractivity contribution in [2.45, 2.75) is 13.8 Å². The summed E-state index contributed by atoms with van der Waals surface area (Å²) in [5.41, 5.74) is 3.88. The number of methoxy groups -OCH3 is 3. The number of fused-ring (bicyclic) bond motifs is 1. The van der Waals surface area contributed by atoms with Crippen LogP contribution in [0.15, 0.2) is 36.4 Å². The minimum absolute atomic E-state index is 0.508. The fourth-order valence-electron chi connectivity index (χ4n) is 3.38. The zero-order valence-corrected chi connectivity index (χ0v) is 18.6. The summed E-state index contributed by atoms with van der Waals surface area (Å²) in [6.45, 7) is 3.90. The first-order valence-corrected chi connectivity index (χ1v) is 9.89. The number of halogens is 1. The average Bonchev–Trinajstić information content (AvgIpc) is 3.10.